The van der Waals surface area contributed by atoms with E-state index in [2.05, 4.69) is 14.9 Å². The van der Waals surface area contributed by atoms with Crippen LogP contribution >= 0.6 is 0 Å². The average molecular weight is 236 g/mol. The highest BCUT2D eigenvalue weighted by molar-refractivity contribution is 5.33. The van der Waals surface area contributed by atoms with Crippen LogP contribution in [0, 0.1) is 6.92 Å². The minimum Gasteiger partial charge on any atom is -0.381 e. The predicted molar refractivity (Wildman–Crippen MR) is 66.9 cm³/mol. The van der Waals surface area contributed by atoms with Gasteiger partial charge in [0.2, 0.25) is 5.95 Å². The summed E-state index contributed by atoms with van der Waals surface area (Å²) in [4.78, 5) is 11.1. The monoisotopic (exact) mass is 236 g/mol. The number of anilines is 1. The number of methoxy groups -OCH3 is 1. The molecule has 1 aliphatic heterocycles. The second-order valence-electron chi connectivity index (χ2n) is 4.41. The summed E-state index contributed by atoms with van der Waals surface area (Å²) in [6, 6.07) is 0. The fraction of sp³-hybridized carbons (Fsp3) is 0.667. The molecule has 17 heavy (non-hydrogen) atoms. The summed E-state index contributed by atoms with van der Waals surface area (Å²) in [7, 11) is 1.77. The summed E-state index contributed by atoms with van der Waals surface area (Å²) < 4.78 is 5.35. The molecule has 1 fully saturated rings. The van der Waals surface area contributed by atoms with Crippen molar-refractivity contribution in [2.75, 3.05) is 25.1 Å². The molecule has 0 unspecified atom stereocenters. The Balaban J connectivity index is 2.06. The van der Waals surface area contributed by atoms with Crippen molar-refractivity contribution in [2.24, 2.45) is 5.73 Å². The van der Waals surface area contributed by atoms with Gasteiger partial charge in [-0.15, -0.1) is 0 Å². The van der Waals surface area contributed by atoms with Gasteiger partial charge in [-0.05, 0) is 19.8 Å². The lowest BCUT2D eigenvalue weighted by atomic mass is 10.1. The Labute approximate surface area is 102 Å². The highest BCUT2D eigenvalue weighted by Gasteiger charge is 2.20. The first-order chi connectivity index (χ1) is 8.24. The second-order valence-corrected chi connectivity index (χ2v) is 4.41. The van der Waals surface area contributed by atoms with Crippen LogP contribution in [0.1, 0.15) is 24.1 Å². The van der Waals surface area contributed by atoms with Crippen LogP contribution in [-0.4, -0.2) is 36.3 Å². The molecule has 0 aliphatic carbocycles. The molecule has 2 heterocycles. The lowest BCUT2D eigenvalue weighted by Crippen LogP contribution is -2.37. The van der Waals surface area contributed by atoms with Crippen molar-refractivity contribution in [2.45, 2.75) is 32.4 Å². The molecular weight excluding hydrogens is 216 g/mol. The largest absolute Gasteiger partial charge is 0.381 e. The maximum atomic E-state index is 5.61. The summed E-state index contributed by atoms with van der Waals surface area (Å²) in [5, 5.41) is 0. The van der Waals surface area contributed by atoms with Crippen LogP contribution in [0.4, 0.5) is 5.95 Å². The zero-order valence-electron chi connectivity index (χ0n) is 10.5. The Morgan fingerprint density at radius 3 is 2.71 bits per heavy atom. The number of hydrogen-bond acceptors (Lipinski definition) is 5. The van der Waals surface area contributed by atoms with Crippen molar-refractivity contribution < 1.29 is 4.74 Å². The number of hydrogen-bond donors (Lipinski definition) is 1. The number of aromatic nitrogens is 2. The molecule has 0 bridgehead atoms. The van der Waals surface area contributed by atoms with Crippen LogP contribution in [0.3, 0.4) is 0 Å². The number of ether oxygens (including phenoxy) is 1. The Morgan fingerprint density at radius 2 is 2.18 bits per heavy atom. The summed E-state index contributed by atoms with van der Waals surface area (Å²) in [6.45, 7) is 4.40. The molecule has 2 rings (SSSR count). The molecule has 1 aromatic rings. The third-order valence-corrected chi connectivity index (χ3v) is 3.35. The van der Waals surface area contributed by atoms with Gasteiger partial charge in [0.15, 0.2) is 0 Å². The van der Waals surface area contributed by atoms with Crippen molar-refractivity contribution in [1.29, 1.82) is 0 Å². The van der Waals surface area contributed by atoms with Gasteiger partial charge in [0, 0.05) is 44.2 Å². The summed E-state index contributed by atoms with van der Waals surface area (Å²) in [5.74, 6) is 0.814. The van der Waals surface area contributed by atoms with E-state index in [4.69, 9.17) is 10.5 Å². The number of aryl methyl sites for hydroxylation is 1. The van der Waals surface area contributed by atoms with Crippen molar-refractivity contribution in [3.63, 3.8) is 0 Å². The third-order valence-electron chi connectivity index (χ3n) is 3.35. The average Bonchev–Trinajstić information content (AvgIpc) is 2.39. The van der Waals surface area contributed by atoms with Gasteiger partial charge in [-0.2, -0.15) is 0 Å². The minimum atomic E-state index is 0.385. The lowest BCUT2D eigenvalue weighted by molar-refractivity contribution is 0.0816. The molecule has 0 atom stereocenters. The molecular formula is C12H20N4O. The molecule has 0 aromatic carbocycles. The van der Waals surface area contributed by atoms with Crippen LogP contribution in [-0.2, 0) is 11.3 Å². The quantitative estimate of drug-likeness (QED) is 0.843. The van der Waals surface area contributed by atoms with E-state index in [-0.39, 0.29) is 0 Å². The van der Waals surface area contributed by atoms with Crippen LogP contribution in [0.25, 0.3) is 0 Å². The zero-order chi connectivity index (χ0) is 12.3. The minimum absolute atomic E-state index is 0.385. The number of nitrogens with two attached hydrogens (primary N) is 1. The Bertz CT molecular complexity index is 375. The van der Waals surface area contributed by atoms with E-state index in [1.54, 1.807) is 7.11 Å². The molecule has 0 saturated carbocycles. The van der Waals surface area contributed by atoms with Gasteiger partial charge in [-0.1, -0.05) is 0 Å². The van der Waals surface area contributed by atoms with E-state index in [1.165, 1.54) is 0 Å². The standard InChI is InChI=1S/C12H20N4O/c1-9-10(7-13)8-14-12(15-9)16-5-3-11(17-2)4-6-16/h8,11H,3-7,13H2,1-2H3. The molecule has 0 radical (unpaired) electrons. The first-order valence-electron chi connectivity index (χ1n) is 6.05. The topological polar surface area (TPSA) is 64.3 Å². The maximum Gasteiger partial charge on any atom is 0.225 e. The van der Waals surface area contributed by atoms with Crippen LogP contribution in [0.5, 0.6) is 0 Å². The van der Waals surface area contributed by atoms with E-state index in [0.29, 0.717) is 12.6 Å². The fourth-order valence-electron chi connectivity index (χ4n) is 2.12. The first-order valence-corrected chi connectivity index (χ1v) is 6.05. The molecule has 1 aliphatic rings. The maximum absolute atomic E-state index is 5.61. The molecule has 0 spiro atoms. The van der Waals surface area contributed by atoms with E-state index < -0.39 is 0 Å². The van der Waals surface area contributed by atoms with Crippen LogP contribution in [0.2, 0.25) is 0 Å². The summed E-state index contributed by atoms with van der Waals surface area (Å²) in [5.41, 5.74) is 7.60. The van der Waals surface area contributed by atoms with E-state index in [0.717, 1.165) is 43.1 Å². The van der Waals surface area contributed by atoms with Crippen molar-refractivity contribution >= 4 is 5.95 Å². The SMILES string of the molecule is COC1CCN(c2ncc(CN)c(C)n2)CC1. The number of rotatable bonds is 3. The smallest absolute Gasteiger partial charge is 0.225 e. The van der Waals surface area contributed by atoms with Crippen LogP contribution in [0.15, 0.2) is 6.20 Å². The van der Waals surface area contributed by atoms with E-state index in [1.807, 2.05) is 13.1 Å². The van der Waals surface area contributed by atoms with Crippen LogP contribution < -0.4 is 10.6 Å². The van der Waals surface area contributed by atoms with E-state index in [9.17, 15) is 0 Å². The van der Waals surface area contributed by atoms with Gasteiger partial charge in [0.05, 0.1) is 6.10 Å². The number of piperidine rings is 1. The predicted octanol–water partition coefficient (Wildman–Crippen LogP) is 0.859. The lowest BCUT2D eigenvalue weighted by Gasteiger charge is -2.31. The fourth-order valence-corrected chi connectivity index (χ4v) is 2.12. The molecule has 0 amide bonds. The van der Waals surface area contributed by atoms with Gasteiger partial charge in [0.25, 0.3) is 0 Å². The second kappa shape index (κ2) is 5.42. The van der Waals surface area contributed by atoms with Gasteiger partial charge < -0.3 is 15.4 Å². The number of nitrogens with zero attached hydrogens (tertiary/aromatic N) is 3. The van der Waals surface area contributed by atoms with E-state index >= 15 is 0 Å². The highest BCUT2D eigenvalue weighted by atomic mass is 16.5. The molecule has 5 heteroatoms. The van der Waals surface area contributed by atoms with Crippen molar-refractivity contribution in [3.8, 4) is 0 Å². The van der Waals surface area contributed by atoms with Crippen molar-refractivity contribution in [1.82, 2.24) is 9.97 Å². The summed E-state index contributed by atoms with van der Waals surface area (Å²) >= 11 is 0. The molecule has 5 nitrogen and oxygen atoms in total. The Kier molecular flexibility index (Phi) is 3.91. The van der Waals surface area contributed by atoms with Crippen molar-refractivity contribution in [3.05, 3.63) is 17.5 Å². The normalized spacial score (nSPS) is 17.5. The van der Waals surface area contributed by atoms with Gasteiger partial charge in [0.1, 0.15) is 0 Å². The van der Waals surface area contributed by atoms with Gasteiger partial charge in [-0.25, -0.2) is 9.97 Å². The zero-order valence-corrected chi connectivity index (χ0v) is 10.5. The molecule has 1 aromatic heterocycles. The Morgan fingerprint density at radius 1 is 1.47 bits per heavy atom. The third kappa shape index (κ3) is 2.73. The molecule has 1 saturated heterocycles. The summed E-state index contributed by atoms with van der Waals surface area (Å²) in [6.07, 6.45) is 4.30. The Hall–Kier alpha value is -1.20. The van der Waals surface area contributed by atoms with Gasteiger partial charge in [-0.3, -0.25) is 0 Å². The highest BCUT2D eigenvalue weighted by Crippen LogP contribution is 2.18. The molecule has 94 valence electrons. The molecule has 2 N–H and O–H groups in total. The first kappa shape index (κ1) is 12.3. The van der Waals surface area contributed by atoms with Gasteiger partial charge >= 0.3 is 0 Å².